The molecular weight excluding hydrogens is 240 g/mol. The zero-order valence-corrected chi connectivity index (χ0v) is 11.1. The Bertz CT molecular complexity index is 548. The average Bonchev–Trinajstić information content (AvgIpc) is 2.92. The van der Waals surface area contributed by atoms with Crippen LogP contribution in [-0.4, -0.2) is 21.7 Å². The van der Waals surface area contributed by atoms with Gasteiger partial charge in [-0.05, 0) is 25.1 Å². The van der Waals surface area contributed by atoms with Gasteiger partial charge < -0.3 is 11.1 Å². The number of hydrogen-bond donors (Lipinski definition) is 2. The first kappa shape index (κ1) is 13.3. The molecule has 0 bridgehead atoms. The van der Waals surface area contributed by atoms with Gasteiger partial charge in [-0.25, -0.2) is 4.68 Å². The minimum absolute atomic E-state index is 0.0883. The molecule has 3 N–H and O–H groups in total. The molecule has 2 atom stereocenters. The van der Waals surface area contributed by atoms with Gasteiger partial charge in [0.15, 0.2) is 0 Å². The second-order valence-corrected chi connectivity index (χ2v) is 4.60. The normalized spacial score (nSPS) is 13.8. The van der Waals surface area contributed by atoms with E-state index in [4.69, 9.17) is 5.73 Å². The van der Waals surface area contributed by atoms with Crippen molar-refractivity contribution in [2.45, 2.75) is 19.9 Å². The maximum Gasteiger partial charge on any atom is 0.228 e. The first-order chi connectivity index (χ1) is 9.09. The highest BCUT2D eigenvalue weighted by atomic mass is 16.1. The van der Waals surface area contributed by atoms with E-state index >= 15 is 0 Å². The predicted molar refractivity (Wildman–Crippen MR) is 75.0 cm³/mol. The van der Waals surface area contributed by atoms with E-state index in [9.17, 15) is 4.79 Å². The Morgan fingerprint density at radius 3 is 2.68 bits per heavy atom. The molecule has 1 aromatic carbocycles. The van der Waals surface area contributed by atoms with Crippen molar-refractivity contribution >= 4 is 11.6 Å². The van der Waals surface area contributed by atoms with Crippen molar-refractivity contribution in [1.29, 1.82) is 0 Å². The van der Waals surface area contributed by atoms with Crippen molar-refractivity contribution in [3.63, 3.8) is 0 Å². The SMILES string of the molecule is CC(N)C(C)C(=O)Nc1ccccc1-n1cccn1. The number of aromatic nitrogens is 2. The molecule has 2 rings (SSSR count). The molecule has 2 unspecified atom stereocenters. The lowest BCUT2D eigenvalue weighted by Gasteiger charge is -2.17. The Hall–Kier alpha value is -2.14. The molecule has 19 heavy (non-hydrogen) atoms. The number of benzene rings is 1. The van der Waals surface area contributed by atoms with E-state index in [0.29, 0.717) is 0 Å². The number of nitrogens with zero attached hydrogens (tertiary/aromatic N) is 2. The summed E-state index contributed by atoms with van der Waals surface area (Å²) in [5.74, 6) is -0.333. The Morgan fingerprint density at radius 1 is 1.32 bits per heavy atom. The van der Waals surface area contributed by atoms with Crippen LogP contribution in [0.25, 0.3) is 5.69 Å². The molecule has 5 nitrogen and oxygen atoms in total. The van der Waals surface area contributed by atoms with Gasteiger partial charge in [0.25, 0.3) is 0 Å². The lowest BCUT2D eigenvalue weighted by Crippen LogP contribution is -2.34. The van der Waals surface area contributed by atoms with Crippen molar-refractivity contribution in [3.05, 3.63) is 42.7 Å². The van der Waals surface area contributed by atoms with Gasteiger partial charge in [-0.3, -0.25) is 4.79 Å². The van der Waals surface area contributed by atoms with Crippen LogP contribution in [0.15, 0.2) is 42.7 Å². The third kappa shape index (κ3) is 3.00. The summed E-state index contributed by atoms with van der Waals surface area (Å²) >= 11 is 0. The van der Waals surface area contributed by atoms with Crippen molar-refractivity contribution in [1.82, 2.24) is 9.78 Å². The van der Waals surface area contributed by atoms with E-state index in [-0.39, 0.29) is 17.9 Å². The Balaban J connectivity index is 2.24. The number of nitrogens with two attached hydrogens (primary N) is 1. The van der Waals surface area contributed by atoms with Gasteiger partial charge in [-0.1, -0.05) is 19.1 Å². The molecule has 0 aliphatic rings. The highest BCUT2D eigenvalue weighted by Gasteiger charge is 2.18. The fourth-order valence-electron chi connectivity index (χ4n) is 1.68. The Labute approximate surface area is 112 Å². The van der Waals surface area contributed by atoms with Crippen LogP contribution in [0.3, 0.4) is 0 Å². The van der Waals surface area contributed by atoms with Crippen LogP contribution >= 0.6 is 0 Å². The molecule has 0 saturated heterocycles. The molecule has 0 aliphatic carbocycles. The molecule has 1 heterocycles. The zero-order chi connectivity index (χ0) is 13.8. The number of nitrogens with one attached hydrogen (secondary N) is 1. The predicted octanol–water partition coefficient (Wildman–Crippen LogP) is 1.79. The number of para-hydroxylation sites is 2. The van der Waals surface area contributed by atoms with Gasteiger partial charge in [0, 0.05) is 18.4 Å². The molecular formula is C14H18N4O. The molecule has 2 aromatic rings. The van der Waals surface area contributed by atoms with Gasteiger partial charge in [0.1, 0.15) is 0 Å². The zero-order valence-electron chi connectivity index (χ0n) is 11.1. The topological polar surface area (TPSA) is 72.9 Å². The summed E-state index contributed by atoms with van der Waals surface area (Å²) in [6.07, 6.45) is 3.53. The van der Waals surface area contributed by atoms with E-state index in [0.717, 1.165) is 11.4 Å². The summed E-state index contributed by atoms with van der Waals surface area (Å²) in [7, 11) is 0. The molecule has 5 heteroatoms. The van der Waals surface area contributed by atoms with Crippen LogP contribution in [-0.2, 0) is 4.79 Å². The molecule has 0 radical (unpaired) electrons. The minimum atomic E-state index is -0.245. The minimum Gasteiger partial charge on any atom is -0.327 e. The van der Waals surface area contributed by atoms with E-state index in [2.05, 4.69) is 10.4 Å². The van der Waals surface area contributed by atoms with Crippen molar-refractivity contribution in [2.24, 2.45) is 11.7 Å². The molecule has 1 amide bonds. The maximum atomic E-state index is 12.1. The maximum absolute atomic E-state index is 12.1. The van der Waals surface area contributed by atoms with Crippen molar-refractivity contribution in [2.75, 3.05) is 5.32 Å². The number of amides is 1. The van der Waals surface area contributed by atoms with Crippen LogP contribution in [0.4, 0.5) is 5.69 Å². The standard InChI is InChI=1S/C14H18N4O/c1-10(11(2)15)14(19)17-12-6-3-4-7-13(12)18-9-5-8-16-18/h3-11H,15H2,1-2H3,(H,17,19). The van der Waals surface area contributed by atoms with Gasteiger partial charge >= 0.3 is 0 Å². The highest BCUT2D eigenvalue weighted by molar-refractivity contribution is 5.94. The number of hydrogen-bond acceptors (Lipinski definition) is 3. The fourth-order valence-corrected chi connectivity index (χ4v) is 1.68. The monoisotopic (exact) mass is 258 g/mol. The van der Waals surface area contributed by atoms with Crippen molar-refractivity contribution in [3.8, 4) is 5.69 Å². The number of anilines is 1. The second kappa shape index (κ2) is 5.67. The largest absolute Gasteiger partial charge is 0.327 e. The van der Waals surface area contributed by atoms with Gasteiger partial charge in [0.05, 0.1) is 17.3 Å². The van der Waals surface area contributed by atoms with Crippen molar-refractivity contribution < 1.29 is 4.79 Å². The second-order valence-electron chi connectivity index (χ2n) is 4.60. The van der Waals surface area contributed by atoms with E-state index in [1.807, 2.05) is 50.4 Å². The summed E-state index contributed by atoms with van der Waals surface area (Å²) < 4.78 is 1.71. The van der Waals surface area contributed by atoms with Crippen LogP contribution in [0, 0.1) is 5.92 Å². The lowest BCUT2D eigenvalue weighted by molar-refractivity contribution is -0.119. The van der Waals surface area contributed by atoms with Crippen LogP contribution in [0.2, 0.25) is 0 Å². The van der Waals surface area contributed by atoms with E-state index in [1.165, 1.54) is 0 Å². The fraction of sp³-hybridized carbons (Fsp3) is 0.286. The van der Waals surface area contributed by atoms with Gasteiger partial charge in [-0.15, -0.1) is 0 Å². The number of carbonyl (C=O) groups excluding carboxylic acids is 1. The molecule has 1 aromatic heterocycles. The van der Waals surface area contributed by atoms with Crippen LogP contribution < -0.4 is 11.1 Å². The lowest BCUT2D eigenvalue weighted by atomic mass is 10.0. The third-order valence-corrected chi connectivity index (χ3v) is 3.12. The number of rotatable bonds is 4. The average molecular weight is 258 g/mol. The first-order valence-electron chi connectivity index (χ1n) is 6.25. The summed E-state index contributed by atoms with van der Waals surface area (Å²) in [6.45, 7) is 3.64. The summed E-state index contributed by atoms with van der Waals surface area (Å²) in [4.78, 5) is 12.1. The van der Waals surface area contributed by atoms with Crippen LogP contribution in [0.1, 0.15) is 13.8 Å². The Kier molecular flexibility index (Phi) is 3.97. The highest BCUT2D eigenvalue weighted by Crippen LogP contribution is 2.20. The van der Waals surface area contributed by atoms with Gasteiger partial charge in [-0.2, -0.15) is 5.10 Å². The summed E-state index contributed by atoms with van der Waals surface area (Å²) in [5.41, 5.74) is 7.30. The summed E-state index contributed by atoms with van der Waals surface area (Å²) in [5, 5.41) is 7.08. The van der Waals surface area contributed by atoms with Gasteiger partial charge in [0.2, 0.25) is 5.91 Å². The Morgan fingerprint density at radius 2 is 2.05 bits per heavy atom. The van der Waals surface area contributed by atoms with Crippen LogP contribution in [0.5, 0.6) is 0 Å². The summed E-state index contributed by atoms with van der Waals surface area (Å²) in [6, 6.07) is 9.18. The molecule has 0 aliphatic heterocycles. The van der Waals surface area contributed by atoms with E-state index in [1.54, 1.807) is 10.9 Å². The molecule has 100 valence electrons. The first-order valence-corrected chi connectivity index (χ1v) is 6.25. The quantitative estimate of drug-likeness (QED) is 0.878. The third-order valence-electron chi connectivity index (χ3n) is 3.12. The molecule has 0 fully saturated rings. The molecule has 0 spiro atoms. The molecule has 0 saturated carbocycles. The number of carbonyl (C=O) groups is 1. The smallest absolute Gasteiger partial charge is 0.228 e. The van der Waals surface area contributed by atoms with E-state index < -0.39 is 0 Å².